The van der Waals surface area contributed by atoms with Gasteiger partial charge in [0.05, 0.1) is 6.61 Å². The Balaban J connectivity index is 3.08. The molecule has 1 N–H and O–H groups in total. The second kappa shape index (κ2) is 7.68. The molecule has 0 spiro atoms. The predicted octanol–water partition coefficient (Wildman–Crippen LogP) is 3.63. The number of rotatable bonds is 4. The van der Waals surface area contributed by atoms with Crippen molar-refractivity contribution in [3.63, 3.8) is 0 Å². The van der Waals surface area contributed by atoms with Gasteiger partial charge in [0.1, 0.15) is 0 Å². The Bertz CT molecular complexity index is 534. The van der Waals surface area contributed by atoms with Crippen molar-refractivity contribution in [2.24, 2.45) is 0 Å². The van der Waals surface area contributed by atoms with Gasteiger partial charge in [-0.2, -0.15) is 0 Å². The molecule has 1 amide bonds. The van der Waals surface area contributed by atoms with Crippen LogP contribution in [-0.2, 0) is 10.2 Å². The molecule has 6 heteroatoms. The molecule has 0 bridgehead atoms. The largest absolute Gasteiger partial charge is 0.513 e. The zero-order valence-corrected chi connectivity index (χ0v) is 13.7. The van der Waals surface area contributed by atoms with Crippen LogP contribution >= 0.6 is 0 Å². The summed E-state index contributed by atoms with van der Waals surface area (Å²) in [5, 5.41) is 2.53. The summed E-state index contributed by atoms with van der Waals surface area (Å²) in [5.74, 6) is 0.309. The zero-order valence-electron chi connectivity index (χ0n) is 13.7. The fourth-order valence-corrected chi connectivity index (χ4v) is 1.66. The van der Waals surface area contributed by atoms with E-state index in [1.807, 2.05) is 26.8 Å². The Morgan fingerprint density at radius 2 is 1.77 bits per heavy atom. The minimum atomic E-state index is -0.841. The molecular weight excluding hydrogens is 286 g/mol. The molecule has 1 aromatic rings. The molecule has 0 saturated carbocycles. The molecule has 0 radical (unpaired) electrons. The highest BCUT2D eigenvalue weighted by Gasteiger charge is 2.20. The summed E-state index contributed by atoms with van der Waals surface area (Å²) < 4.78 is 15.0. The summed E-state index contributed by atoms with van der Waals surface area (Å²) in [6, 6.07) is 5.09. The van der Waals surface area contributed by atoms with E-state index in [9.17, 15) is 9.59 Å². The van der Waals surface area contributed by atoms with E-state index in [2.05, 4.69) is 5.32 Å². The molecule has 0 saturated heterocycles. The monoisotopic (exact) mass is 309 g/mol. The van der Waals surface area contributed by atoms with Gasteiger partial charge in [0, 0.05) is 6.54 Å². The number of carbonyl (C=O) groups excluding carboxylic acids is 2. The molecule has 0 heterocycles. The predicted molar refractivity (Wildman–Crippen MR) is 82.5 cm³/mol. The molecule has 1 aromatic carbocycles. The van der Waals surface area contributed by atoms with Gasteiger partial charge in [-0.25, -0.2) is 9.59 Å². The van der Waals surface area contributed by atoms with E-state index >= 15 is 0 Å². The SMILES string of the molecule is CCNC(=O)Oc1cc(C(C)(C)C)ccc1OC(=O)OCC. The van der Waals surface area contributed by atoms with Crippen LogP contribution in [0.2, 0.25) is 0 Å². The molecule has 6 nitrogen and oxygen atoms in total. The smallest absolute Gasteiger partial charge is 0.434 e. The highest BCUT2D eigenvalue weighted by Crippen LogP contribution is 2.33. The summed E-state index contributed by atoms with van der Waals surface area (Å²) in [6.45, 7) is 10.2. The lowest BCUT2D eigenvalue weighted by atomic mass is 9.87. The van der Waals surface area contributed by atoms with Crippen molar-refractivity contribution in [1.82, 2.24) is 5.32 Å². The van der Waals surface area contributed by atoms with E-state index in [4.69, 9.17) is 14.2 Å². The van der Waals surface area contributed by atoms with Crippen molar-refractivity contribution in [2.45, 2.75) is 40.0 Å². The highest BCUT2D eigenvalue weighted by molar-refractivity contribution is 5.73. The molecule has 0 fully saturated rings. The Labute approximate surface area is 130 Å². The molecular formula is C16H23NO5. The average molecular weight is 309 g/mol. The van der Waals surface area contributed by atoms with E-state index in [-0.39, 0.29) is 23.5 Å². The van der Waals surface area contributed by atoms with Crippen LogP contribution in [0.4, 0.5) is 9.59 Å². The lowest BCUT2D eigenvalue weighted by Gasteiger charge is -2.20. The van der Waals surface area contributed by atoms with E-state index < -0.39 is 12.2 Å². The molecule has 0 atom stereocenters. The molecule has 0 aliphatic heterocycles. The van der Waals surface area contributed by atoms with Crippen LogP contribution in [0.5, 0.6) is 11.5 Å². The van der Waals surface area contributed by atoms with Gasteiger partial charge in [-0.05, 0) is 37.0 Å². The lowest BCUT2D eigenvalue weighted by molar-refractivity contribution is 0.103. The van der Waals surface area contributed by atoms with Gasteiger partial charge in [-0.3, -0.25) is 0 Å². The summed E-state index contributed by atoms with van der Waals surface area (Å²) in [6.07, 6.45) is -1.45. The van der Waals surface area contributed by atoms with Crippen LogP contribution in [0.15, 0.2) is 18.2 Å². The fraction of sp³-hybridized carbons (Fsp3) is 0.500. The molecule has 0 aromatic heterocycles. The van der Waals surface area contributed by atoms with Gasteiger partial charge < -0.3 is 19.5 Å². The van der Waals surface area contributed by atoms with Crippen LogP contribution < -0.4 is 14.8 Å². The van der Waals surface area contributed by atoms with Crippen molar-refractivity contribution in [3.8, 4) is 11.5 Å². The average Bonchev–Trinajstić information content (AvgIpc) is 2.40. The van der Waals surface area contributed by atoms with Crippen molar-refractivity contribution >= 4 is 12.2 Å². The second-order valence-electron chi connectivity index (χ2n) is 5.62. The van der Waals surface area contributed by atoms with Gasteiger partial charge in [0.25, 0.3) is 0 Å². The molecule has 0 unspecified atom stereocenters. The first-order chi connectivity index (χ1) is 10.3. The number of benzene rings is 1. The maximum absolute atomic E-state index is 11.6. The van der Waals surface area contributed by atoms with Gasteiger partial charge in [0.15, 0.2) is 11.5 Å². The first kappa shape index (κ1) is 17.8. The van der Waals surface area contributed by atoms with Gasteiger partial charge in [-0.1, -0.05) is 26.8 Å². The normalized spacial score (nSPS) is 10.8. The molecule has 0 aliphatic carbocycles. The summed E-state index contributed by atoms with van der Waals surface area (Å²) in [5.41, 5.74) is 0.810. The van der Waals surface area contributed by atoms with E-state index in [1.165, 1.54) is 0 Å². The standard InChI is InChI=1S/C16H23NO5/c1-6-17-14(18)21-13-10-11(16(3,4)5)8-9-12(13)22-15(19)20-7-2/h8-10H,6-7H2,1-5H3,(H,17,18). The molecule has 1 rings (SSSR count). The topological polar surface area (TPSA) is 73.9 Å². The minimum absolute atomic E-state index is 0.137. The third kappa shape index (κ3) is 5.27. The maximum Gasteiger partial charge on any atom is 0.513 e. The van der Waals surface area contributed by atoms with Crippen LogP contribution in [0.25, 0.3) is 0 Å². The quantitative estimate of drug-likeness (QED) is 0.679. The van der Waals surface area contributed by atoms with Crippen molar-refractivity contribution in [2.75, 3.05) is 13.2 Å². The molecule has 0 aliphatic rings. The first-order valence-electron chi connectivity index (χ1n) is 7.22. The molecule has 22 heavy (non-hydrogen) atoms. The van der Waals surface area contributed by atoms with E-state index in [0.29, 0.717) is 6.54 Å². The number of hydrogen-bond donors (Lipinski definition) is 1. The summed E-state index contributed by atoms with van der Waals surface area (Å²) in [7, 11) is 0. The first-order valence-corrected chi connectivity index (χ1v) is 7.22. The van der Waals surface area contributed by atoms with E-state index in [1.54, 1.807) is 26.0 Å². The Hall–Kier alpha value is -2.24. The second-order valence-corrected chi connectivity index (χ2v) is 5.62. The number of hydrogen-bond acceptors (Lipinski definition) is 5. The Morgan fingerprint density at radius 3 is 2.32 bits per heavy atom. The highest BCUT2D eigenvalue weighted by atomic mass is 16.7. The number of nitrogens with one attached hydrogen (secondary N) is 1. The van der Waals surface area contributed by atoms with Crippen molar-refractivity contribution in [1.29, 1.82) is 0 Å². The minimum Gasteiger partial charge on any atom is -0.434 e. The number of ether oxygens (including phenoxy) is 3. The maximum atomic E-state index is 11.6. The van der Waals surface area contributed by atoms with Crippen LogP contribution in [0, 0.1) is 0 Å². The van der Waals surface area contributed by atoms with Crippen LogP contribution in [0.3, 0.4) is 0 Å². The number of carbonyl (C=O) groups is 2. The summed E-state index contributed by atoms with van der Waals surface area (Å²) >= 11 is 0. The summed E-state index contributed by atoms with van der Waals surface area (Å²) in [4.78, 5) is 23.1. The fourth-order valence-electron chi connectivity index (χ4n) is 1.66. The van der Waals surface area contributed by atoms with Crippen molar-refractivity contribution < 1.29 is 23.8 Å². The van der Waals surface area contributed by atoms with Crippen LogP contribution in [-0.4, -0.2) is 25.4 Å². The van der Waals surface area contributed by atoms with Gasteiger partial charge in [0.2, 0.25) is 0 Å². The third-order valence-electron chi connectivity index (χ3n) is 2.79. The third-order valence-corrected chi connectivity index (χ3v) is 2.79. The van der Waals surface area contributed by atoms with E-state index in [0.717, 1.165) is 5.56 Å². The Kier molecular flexibility index (Phi) is 6.22. The molecule has 122 valence electrons. The van der Waals surface area contributed by atoms with Crippen molar-refractivity contribution in [3.05, 3.63) is 23.8 Å². The van der Waals surface area contributed by atoms with Gasteiger partial charge in [-0.15, -0.1) is 0 Å². The van der Waals surface area contributed by atoms with Gasteiger partial charge >= 0.3 is 12.2 Å². The number of amides is 1. The zero-order chi connectivity index (χ0) is 16.8. The van der Waals surface area contributed by atoms with Crippen LogP contribution in [0.1, 0.15) is 40.2 Å². The lowest BCUT2D eigenvalue weighted by Crippen LogP contribution is -2.26. The Morgan fingerprint density at radius 1 is 1.09 bits per heavy atom.